The molecule has 9 heteroatoms. The summed E-state index contributed by atoms with van der Waals surface area (Å²) >= 11 is 0. The molecule has 26 heavy (non-hydrogen) atoms. The Morgan fingerprint density at radius 3 is 2.31 bits per heavy atom. The predicted octanol–water partition coefficient (Wildman–Crippen LogP) is 4.34. The first-order valence-corrected chi connectivity index (χ1v) is 9.90. The summed E-state index contributed by atoms with van der Waals surface area (Å²) in [5, 5.41) is 5.31. The van der Waals surface area contributed by atoms with Gasteiger partial charge in [-0.3, -0.25) is 4.79 Å². The van der Waals surface area contributed by atoms with Crippen LogP contribution in [0.4, 0.5) is 13.2 Å². The topological polar surface area (TPSA) is 58.5 Å². The van der Waals surface area contributed by atoms with Crippen molar-refractivity contribution in [1.82, 2.24) is 5.32 Å². The molecule has 0 radical (unpaired) electrons. The first-order chi connectivity index (χ1) is 12.5. The van der Waals surface area contributed by atoms with E-state index in [1.807, 2.05) is 0 Å². The smallest absolute Gasteiger partial charge is 0.248 e. The molecule has 0 aliphatic carbocycles. The minimum Gasteiger partial charge on any atom is -0.353 e. The fourth-order valence-electron chi connectivity index (χ4n) is 2.06. The zero-order chi connectivity index (χ0) is 18.9. The molecular formula is C17H15F3N2O2S2. The van der Waals surface area contributed by atoms with Gasteiger partial charge in [0.05, 0.1) is 0 Å². The van der Waals surface area contributed by atoms with Crippen molar-refractivity contribution in [2.45, 2.75) is 17.4 Å². The number of benzene rings is 2. The molecule has 0 fully saturated rings. The van der Waals surface area contributed by atoms with E-state index in [9.17, 15) is 22.9 Å². The zero-order valence-electron chi connectivity index (χ0n) is 13.5. The maximum Gasteiger partial charge on any atom is 0.248 e. The summed E-state index contributed by atoms with van der Waals surface area (Å²) in [6.45, 7) is 0.293. The molecule has 0 aromatic heterocycles. The first kappa shape index (κ1) is 20.3. The second-order valence-corrected chi connectivity index (χ2v) is 7.74. The average Bonchev–Trinajstić information content (AvgIpc) is 2.60. The molecular weight excluding hydrogens is 385 g/mol. The van der Waals surface area contributed by atoms with Crippen molar-refractivity contribution in [2.75, 3.05) is 12.3 Å². The highest BCUT2D eigenvalue weighted by atomic mass is 33.1. The molecule has 1 atom stereocenters. The minimum atomic E-state index is -1.26. The van der Waals surface area contributed by atoms with Gasteiger partial charge in [0.2, 0.25) is 5.91 Å². The van der Waals surface area contributed by atoms with Crippen molar-refractivity contribution in [3.05, 3.63) is 70.4 Å². The summed E-state index contributed by atoms with van der Waals surface area (Å²) in [5.41, 5.74) is 0.184. The highest BCUT2D eigenvalue weighted by Gasteiger charge is 2.20. The lowest BCUT2D eigenvalue weighted by Crippen LogP contribution is -2.35. The number of nitroso groups, excluding NO2 is 1. The third kappa shape index (κ3) is 6.72. The fraction of sp³-hybridized carbons (Fsp3) is 0.235. The van der Waals surface area contributed by atoms with Crippen molar-refractivity contribution >= 4 is 27.5 Å². The third-order valence-electron chi connectivity index (χ3n) is 3.23. The molecule has 1 N–H and O–H groups in total. The van der Waals surface area contributed by atoms with Gasteiger partial charge in [-0.05, 0) is 42.0 Å². The van der Waals surface area contributed by atoms with Crippen LogP contribution in [0.2, 0.25) is 0 Å². The number of carbonyl (C=O) groups excluding carboxylic acids is 1. The Balaban J connectivity index is 1.74. The molecule has 1 unspecified atom stereocenters. The SMILES string of the molecule is O=NC(Cc1cc(F)cc(F)c1)C(=O)NCCSSc1ccc(F)cc1. The van der Waals surface area contributed by atoms with Crippen LogP contribution in [0, 0.1) is 22.4 Å². The van der Waals surface area contributed by atoms with Gasteiger partial charge in [0.1, 0.15) is 17.5 Å². The molecule has 0 spiro atoms. The van der Waals surface area contributed by atoms with Gasteiger partial charge in [-0.2, -0.15) is 0 Å². The number of nitrogens with zero attached hydrogens (tertiary/aromatic N) is 1. The van der Waals surface area contributed by atoms with Crippen LogP contribution >= 0.6 is 21.6 Å². The third-order valence-corrected chi connectivity index (χ3v) is 5.62. The van der Waals surface area contributed by atoms with Crippen molar-refractivity contribution in [1.29, 1.82) is 0 Å². The van der Waals surface area contributed by atoms with E-state index in [1.165, 1.54) is 33.7 Å². The highest BCUT2D eigenvalue weighted by Crippen LogP contribution is 2.30. The van der Waals surface area contributed by atoms with Gasteiger partial charge < -0.3 is 5.32 Å². The van der Waals surface area contributed by atoms with Gasteiger partial charge >= 0.3 is 0 Å². The van der Waals surface area contributed by atoms with Crippen LogP contribution in [-0.4, -0.2) is 24.2 Å². The van der Waals surface area contributed by atoms with Crippen LogP contribution in [0.15, 0.2) is 52.5 Å². The van der Waals surface area contributed by atoms with Crippen LogP contribution < -0.4 is 5.32 Å². The van der Waals surface area contributed by atoms with Crippen molar-refractivity contribution in [2.24, 2.45) is 5.18 Å². The molecule has 2 aromatic rings. The Kier molecular flexibility index (Phi) is 7.99. The lowest BCUT2D eigenvalue weighted by molar-refractivity contribution is -0.122. The average molecular weight is 400 g/mol. The molecule has 0 aliphatic heterocycles. The molecule has 2 aromatic carbocycles. The predicted molar refractivity (Wildman–Crippen MR) is 97.4 cm³/mol. The Labute approximate surface area is 156 Å². The Bertz CT molecular complexity index is 740. The molecule has 0 heterocycles. The monoisotopic (exact) mass is 400 g/mol. The molecule has 0 saturated carbocycles. The summed E-state index contributed by atoms with van der Waals surface area (Å²) < 4.78 is 39.1. The van der Waals surface area contributed by atoms with Crippen LogP contribution in [0.5, 0.6) is 0 Å². The molecule has 1 amide bonds. The summed E-state index contributed by atoms with van der Waals surface area (Å²) in [4.78, 5) is 23.7. The lowest BCUT2D eigenvalue weighted by atomic mass is 10.1. The molecule has 0 bridgehead atoms. The maximum absolute atomic E-state index is 13.2. The second kappa shape index (κ2) is 10.2. The van der Waals surface area contributed by atoms with E-state index in [4.69, 9.17) is 0 Å². The summed E-state index contributed by atoms with van der Waals surface area (Å²) in [7, 11) is 2.88. The molecule has 0 saturated heterocycles. The van der Waals surface area contributed by atoms with E-state index in [1.54, 1.807) is 12.1 Å². The first-order valence-electron chi connectivity index (χ1n) is 7.58. The van der Waals surface area contributed by atoms with E-state index in [2.05, 4.69) is 10.5 Å². The largest absolute Gasteiger partial charge is 0.353 e. The van der Waals surface area contributed by atoms with Crippen LogP contribution in [0.25, 0.3) is 0 Å². The molecule has 4 nitrogen and oxygen atoms in total. The number of rotatable bonds is 9. The second-order valence-electron chi connectivity index (χ2n) is 5.25. The summed E-state index contributed by atoms with van der Waals surface area (Å²) in [5.74, 6) is -1.92. The van der Waals surface area contributed by atoms with E-state index >= 15 is 0 Å². The Morgan fingerprint density at radius 1 is 1.04 bits per heavy atom. The molecule has 2 rings (SSSR count). The van der Waals surface area contributed by atoms with Crippen molar-refractivity contribution in [3.63, 3.8) is 0 Å². The van der Waals surface area contributed by atoms with Gasteiger partial charge in [-0.15, -0.1) is 4.91 Å². The van der Waals surface area contributed by atoms with E-state index in [-0.39, 0.29) is 17.8 Å². The molecule has 138 valence electrons. The van der Waals surface area contributed by atoms with E-state index < -0.39 is 23.6 Å². The summed E-state index contributed by atoms with van der Waals surface area (Å²) in [6, 6.07) is 7.59. The number of nitrogens with one attached hydrogen (secondary N) is 1. The van der Waals surface area contributed by atoms with Gasteiger partial charge in [-0.25, -0.2) is 13.2 Å². The normalized spacial score (nSPS) is 11.8. The number of amides is 1. The van der Waals surface area contributed by atoms with E-state index in [0.29, 0.717) is 18.4 Å². The van der Waals surface area contributed by atoms with Crippen LogP contribution in [0.3, 0.4) is 0 Å². The number of halogens is 3. The van der Waals surface area contributed by atoms with Crippen molar-refractivity contribution < 1.29 is 18.0 Å². The Hall–Kier alpha value is -2.00. The maximum atomic E-state index is 13.2. The summed E-state index contributed by atoms with van der Waals surface area (Å²) in [6.07, 6.45) is -0.179. The quantitative estimate of drug-likeness (QED) is 0.387. The van der Waals surface area contributed by atoms with Gasteiger partial charge in [0.25, 0.3) is 0 Å². The highest BCUT2D eigenvalue weighted by molar-refractivity contribution is 8.76. The zero-order valence-corrected chi connectivity index (χ0v) is 15.1. The van der Waals surface area contributed by atoms with E-state index in [0.717, 1.165) is 17.0 Å². The van der Waals surface area contributed by atoms with Gasteiger partial charge in [0, 0.05) is 29.7 Å². The Morgan fingerprint density at radius 2 is 1.69 bits per heavy atom. The van der Waals surface area contributed by atoms with Crippen LogP contribution in [0.1, 0.15) is 5.56 Å². The number of carbonyl (C=O) groups is 1. The van der Waals surface area contributed by atoms with Crippen LogP contribution in [-0.2, 0) is 11.2 Å². The van der Waals surface area contributed by atoms with Gasteiger partial charge in [-0.1, -0.05) is 26.8 Å². The molecule has 0 aliphatic rings. The van der Waals surface area contributed by atoms with Gasteiger partial charge in [0.15, 0.2) is 6.04 Å². The van der Waals surface area contributed by atoms with Crippen molar-refractivity contribution in [3.8, 4) is 0 Å². The minimum absolute atomic E-state index is 0.179. The number of hydrogen-bond acceptors (Lipinski definition) is 5. The number of hydrogen-bond donors (Lipinski definition) is 1. The fourth-order valence-corrected chi connectivity index (χ4v) is 3.96. The lowest BCUT2D eigenvalue weighted by Gasteiger charge is -2.10. The standard InChI is InChI=1S/C17H15F3N2O2S2/c18-12-1-3-15(4-2-12)26-25-6-5-21-17(23)16(22-24)9-11-7-13(19)10-14(20)8-11/h1-4,7-8,10,16H,5-6,9H2,(H,21,23).